The Hall–Kier alpha value is -2.36. The van der Waals surface area contributed by atoms with Gasteiger partial charge in [0.1, 0.15) is 11.6 Å². The van der Waals surface area contributed by atoms with Crippen molar-refractivity contribution in [3.63, 3.8) is 0 Å². The van der Waals surface area contributed by atoms with Crippen LogP contribution in [0.3, 0.4) is 0 Å². The molecule has 21 heavy (non-hydrogen) atoms. The number of ether oxygens (including phenoxy) is 1. The van der Waals surface area contributed by atoms with Crippen LogP contribution in [0.5, 0.6) is 5.75 Å². The minimum absolute atomic E-state index is 0.111. The van der Waals surface area contributed by atoms with E-state index < -0.39 is 0 Å². The van der Waals surface area contributed by atoms with Gasteiger partial charge in [-0.1, -0.05) is 30.3 Å². The van der Waals surface area contributed by atoms with Crippen molar-refractivity contribution in [1.82, 2.24) is 5.32 Å². The van der Waals surface area contributed by atoms with E-state index in [2.05, 4.69) is 5.32 Å². The lowest BCUT2D eigenvalue weighted by atomic mass is 10.1. The second-order valence-electron chi connectivity index (χ2n) is 4.83. The number of rotatable bonds is 5. The van der Waals surface area contributed by atoms with E-state index in [0.29, 0.717) is 0 Å². The molecule has 0 saturated heterocycles. The lowest BCUT2D eigenvalue weighted by Crippen LogP contribution is -2.28. The van der Waals surface area contributed by atoms with E-state index in [1.165, 1.54) is 12.1 Å². The van der Waals surface area contributed by atoms with E-state index >= 15 is 0 Å². The summed E-state index contributed by atoms with van der Waals surface area (Å²) in [6, 6.07) is 13.3. The lowest BCUT2D eigenvalue weighted by Gasteiger charge is -2.17. The van der Waals surface area contributed by atoms with Crippen LogP contribution < -0.4 is 10.1 Å². The molecule has 3 nitrogen and oxygen atoms in total. The molecule has 2 aromatic carbocycles. The fourth-order valence-corrected chi connectivity index (χ4v) is 2.18. The Bertz CT molecular complexity index is 610. The molecule has 110 valence electrons. The number of halogens is 1. The average molecular weight is 287 g/mol. The lowest BCUT2D eigenvalue weighted by molar-refractivity contribution is -0.121. The van der Waals surface area contributed by atoms with Crippen LogP contribution >= 0.6 is 0 Å². The van der Waals surface area contributed by atoms with Crippen molar-refractivity contribution in [2.75, 3.05) is 7.11 Å². The quantitative estimate of drug-likeness (QED) is 0.916. The largest absolute Gasteiger partial charge is 0.496 e. The topological polar surface area (TPSA) is 38.3 Å². The van der Waals surface area contributed by atoms with Gasteiger partial charge in [0.15, 0.2) is 0 Å². The summed E-state index contributed by atoms with van der Waals surface area (Å²) < 4.78 is 18.1. The monoisotopic (exact) mass is 287 g/mol. The van der Waals surface area contributed by atoms with Gasteiger partial charge in [-0.25, -0.2) is 4.39 Å². The molecule has 0 aliphatic carbocycles. The van der Waals surface area contributed by atoms with Crippen molar-refractivity contribution in [1.29, 1.82) is 0 Å². The molecule has 0 aromatic heterocycles. The molecule has 2 aromatic rings. The SMILES string of the molecule is COc1ccccc1[C@@H](C)NC(=O)Cc1ccc(F)cc1. The third kappa shape index (κ3) is 4.05. The molecular weight excluding hydrogens is 269 g/mol. The summed E-state index contributed by atoms with van der Waals surface area (Å²) in [6.07, 6.45) is 0.222. The molecule has 0 aliphatic heterocycles. The summed E-state index contributed by atoms with van der Waals surface area (Å²) in [7, 11) is 1.60. The summed E-state index contributed by atoms with van der Waals surface area (Å²) in [5.41, 5.74) is 1.70. The molecule has 0 saturated carbocycles. The predicted octanol–water partition coefficient (Wildman–Crippen LogP) is 3.25. The first-order chi connectivity index (χ1) is 10.1. The van der Waals surface area contributed by atoms with Gasteiger partial charge >= 0.3 is 0 Å². The number of methoxy groups -OCH3 is 1. The highest BCUT2D eigenvalue weighted by molar-refractivity contribution is 5.79. The van der Waals surface area contributed by atoms with Crippen LogP contribution in [0.2, 0.25) is 0 Å². The number of hydrogen-bond acceptors (Lipinski definition) is 2. The third-order valence-electron chi connectivity index (χ3n) is 3.26. The van der Waals surface area contributed by atoms with Crippen LogP contribution in [-0.4, -0.2) is 13.0 Å². The molecular formula is C17H18FNO2. The number of hydrogen-bond donors (Lipinski definition) is 1. The molecule has 0 unspecified atom stereocenters. The Morgan fingerprint density at radius 1 is 1.19 bits per heavy atom. The molecule has 4 heteroatoms. The van der Waals surface area contributed by atoms with Crippen molar-refractivity contribution in [2.45, 2.75) is 19.4 Å². The highest BCUT2D eigenvalue weighted by Gasteiger charge is 2.13. The second kappa shape index (κ2) is 6.88. The summed E-state index contributed by atoms with van der Waals surface area (Å²) in [4.78, 5) is 12.0. The van der Waals surface area contributed by atoms with Crippen molar-refractivity contribution < 1.29 is 13.9 Å². The first-order valence-electron chi connectivity index (χ1n) is 6.77. The van der Waals surface area contributed by atoms with E-state index in [9.17, 15) is 9.18 Å². The normalized spacial score (nSPS) is 11.8. The fourth-order valence-electron chi connectivity index (χ4n) is 2.18. The molecule has 0 heterocycles. The zero-order valence-electron chi connectivity index (χ0n) is 12.1. The Balaban J connectivity index is 2.00. The number of carbonyl (C=O) groups is 1. The number of amides is 1. The Labute approximate surface area is 123 Å². The van der Waals surface area contributed by atoms with Gasteiger partial charge in [-0.2, -0.15) is 0 Å². The molecule has 1 amide bonds. The molecule has 0 bridgehead atoms. The number of nitrogens with one attached hydrogen (secondary N) is 1. The van der Waals surface area contributed by atoms with Crippen LogP contribution in [0.25, 0.3) is 0 Å². The minimum Gasteiger partial charge on any atom is -0.496 e. The molecule has 2 rings (SSSR count). The van der Waals surface area contributed by atoms with E-state index in [4.69, 9.17) is 4.74 Å². The van der Waals surface area contributed by atoms with Crippen molar-refractivity contribution in [3.05, 3.63) is 65.5 Å². The van der Waals surface area contributed by atoms with Gasteiger partial charge in [0.25, 0.3) is 0 Å². The maximum absolute atomic E-state index is 12.8. The van der Waals surface area contributed by atoms with Gasteiger partial charge in [-0.05, 0) is 30.7 Å². The van der Waals surface area contributed by atoms with Gasteiger partial charge in [0.05, 0.1) is 19.6 Å². The van der Waals surface area contributed by atoms with Crippen molar-refractivity contribution in [3.8, 4) is 5.75 Å². The summed E-state index contributed by atoms with van der Waals surface area (Å²) in [5.74, 6) is 0.327. The Kier molecular flexibility index (Phi) is 4.93. The van der Waals surface area contributed by atoms with Gasteiger partial charge in [-0.15, -0.1) is 0 Å². The highest BCUT2D eigenvalue weighted by Crippen LogP contribution is 2.24. The Morgan fingerprint density at radius 2 is 1.86 bits per heavy atom. The first-order valence-corrected chi connectivity index (χ1v) is 6.77. The zero-order chi connectivity index (χ0) is 15.2. The molecule has 0 spiro atoms. The Morgan fingerprint density at radius 3 is 2.52 bits per heavy atom. The molecule has 1 N–H and O–H groups in total. The highest BCUT2D eigenvalue weighted by atomic mass is 19.1. The van der Waals surface area contributed by atoms with Crippen molar-refractivity contribution >= 4 is 5.91 Å². The molecule has 0 fully saturated rings. The number of carbonyl (C=O) groups excluding carboxylic acids is 1. The number of para-hydroxylation sites is 1. The molecule has 0 radical (unpaired) electrons. The van der Waals surface area contributed by atoms with Crippen LogP contribution in [0, 0.1) is 5.82 Å². The van der Waals surface area contributed by atoms with Gasteiger partial charge in [0.2, 0.25) is 5.91 Å². The number of benzene rings is 2. The third-order valence-corrected chi connectivity index (χ3v) is 3.26. The maximum atomic E-state index is 12.8. The van der Waals surface area contributed by atoms with Gasteiger partial charge in [-0.3, -0.25) is 4.79 Å². The minimum atomic E-state index is -0.304. The van der Waals surface area contributed by atoms with Crippen LogP contribution in [0.15, 0.2) is 48.5 Å². The van der Waals surface area contributed by atoms with E-state index in [1.54, 1.807) is 19.2 Å². The fraction of sp³-hybridized carbons (Fsp3) is 0.235. The molecule has 0 aliphatic rings. The van der Waals surface area contributed by atoms with E-state index in [0.717, 1.165) is 16.9 Å². The van der Waals surface area contributed by atoms with Crippen LogP contribution in [0.4, 0.5) is 4.39 Å². The second-order valence-corrected chi connectivity index (χ2v) is 4.83. The van der Waals surface area contributed by atoms with E-state index in [1.807, 2.05) is 31.2 Å². The predicted molar refractivity (Wildman–Crippen MR) is 79.7 cm³/mol. The van der Waals surface area contributed by atoms with Crippen LogP contribution in [-0.2, 0) is 11.2 Å². The van der Waals surface area contributed by atoms with Gasteiger partial charge < -0.3 is 10.1 Å². The zero-order valence-corrected chi connectivity index (χ0v) is 12.1. The van der Waals surface area contributed by atoms with Crippen LogP contribution in [0.1, 0.15) is 24.1 Å². The maximum Gasteiger partial charge on any atom is 0.224 e. The summed E-state index contributed by atoms with van der Waals surface area (Å²) >= 11 is 0. The van der Waals surface area contributed by atoms with Crippen molar-refractivity contribution in [2.24, 2.45) is 0 Å². The van der Waals surface area contributed by atoms with E-state index in [-0.39, 0.29) is 24.2 Å². The smallest absolute Gasteiger partial charge is 0.224 e. The van der Waals surface area contributed by atoms with Gasteiger partial charge in [0, 0.05) is 5.56 Å². The summed E-state index contributed by atoms with van der Waals surface area (Å²) in [6.45, 7) is 1.90. The first kappa shape index (κ1) is 15.0. The molecule has 1 atom stereocenters. The standard InChI is InChI=1S/C17H18FNO2/c1-12(15-5-3-4-6-16(15)21-2)19-17(20)11-13-7-9-14(18)10-8-13/h3-10,12H,11H2,1-2H3,(H,19,20)/t12-/m1/s1. The summed E-state index contributed by atoms with van der Waals surface area (Å²) in [5, 5.41) is 2.92. The average Bonchev–Trinajstić information content (AvgIpc) is 2.49.